The normalized spacial score (nSPS) is 22.0. The number of methoxy groups -OCH3 is 1. The van der Waals surface area contributed by atoms with Crippen LogP contribution in [-0.2, 0) is 4.79 Å². The van der Waals surface area contributed by atoms with Gasteiger partial charge in [-0.15, -0.1) is 0 Å². The van der Waals surface area contributed by atoms with Gasteiger partial charge in [0, 0.05) is 19.0 Å². The van der Waals surface area contributed by atoms with Crippen LogP contribution in [0.1, 0.15) is 38.8 Å². The van der Waals surface area contributed by atoms with Crippen molar-refractivity contribution in [3.63, 3.8) is 0 Å². The lowest BCUT2D eigenvalue weighted by Gasteiger charge is -2.27. The van der Waals surface area contributed by atoms with Gasteiger partial charge in [-0.1, -0.05) is 6.07 Å². The Kier molecular flexibility index (Phi) is 4.73. The molecule has 1 aliphatic heterocycles. The summed E-state index contributed by atoms with van der Waals surface area (Å²) in [5.41, 5.74) is 7.15. The van der Waals surface area contributed by atoms with Crippen LogP contribution in [0.5, 0.6) is 11.5 Å². The van der Waals surface area contributed by atoms with Crippen molar-refractivity contribution < 1.29 is 14.3 Å². The van der Waals surface area contributed by atoms with Crippen molar-refractivity contribution in [3.8, 4) is 11.5 Å². The molecule has 5 heteroatoms. The lowest BCUT2D eigenvalue weighted by molar-refractivity contribution is -0.128. The molecule has 0 aliphatic carbocycles. The van der Waals surface area contributed by atoms with E-state index in [1.165, 1.54) is 0 Å². The van der Waals surface area contributed by atoms with Gasteiger partial charge in [0.05, 0.1) is 19.3 Å². The summed E-state index contributed by atoms with van der Waals surface area (Å²) in [7, 11) is 1.62. The van der Waals surface area contributed by atoms with Gasteiger partial charge in [-0.25, -0.2) is 0 Å². The summed E-state index contributed by atoms with van der Waals surface area (Å²) < 4.78 is 11.1. The largest absolute Gasteiger partial charge is 0.493 e. The average Bonchev–Trinajstić information content (AvgIpc) is 2.71. The van der Waals surface area contributed by atoms with Crippen molar-refractivity contribution in [3.05, 3.63) is 23.8 Å². The first-order valence-electron chi connectivity index (χ1n) is 7.37. The molecular weight excluding hydrogens is 268 g/mol. The molecule has 1 aromatic carbocycles. The Balaban J connectivity index is 2.37. The molecular formula is C16H24N2O3. The highest BCUT2D eigenvalue weighted by molar-refractivity contribution is 5.80. The maximum atomic E-state index is 12.0. The third kappa shape index (κ3) is 3.13. The lowest BCUT2D eigenvalue weighted by atomic mass is 10.00. The Morgan fingerprint density at radius 1 is 1.38 bits per heavy atom. The molecule has 2 rings (SSSR count). The van der Waals surface area contributed by atoms with Gasteiger partial charge >= 0.3 is 0 Å². The van der Waals surface area contributed by atoms with Gasteiger partial charge in [0.25, 0.3) is 0 Å². The minimum absolute atomic E-state index is 0.0512. The maximum Gasteiger partial charge on any atom is 0.224 e. The van der Waals surface area contributed by atoms with Crippen LogP contribution in [0.4, 0.5) is 0 Å². The number of ether oxygens (including phenoxy) is 2. The molecule has 1 fully saturated rings. The third-order valence-electron chi connectivity index (χ3n) is 3.70. The fraction of sp³-hybridized carbons (Fsp3) is 0.562. The molecule has 0 radical (unpaired) electrons. The SMILES string of the molecule is CCN1C(=O)CC(N)C1c1ccc(OC)c(OC(C)C)c1. The Morgan fingerprint density at radius 3 is 2.67 bits per heavy atom. The summed E-state index contributed by atoms with van der Waals surface area (Å²) in [6.07, 6.45) is 0.445. The second kappa shape index (κ2) is 6.35. The Morgan fingerprint density at radius 2 is 2.10 bits per heavy atom. The van der Waals surface area contributed by atoms with Gasteiger partial charge in [0.1, 0.15) is 0 Å². The van der Waals surface area contributed by atoms with Gasteiger partial charge in [-0.3, -0.25) is 4.79 Å². The van der Waals surface area contributed by atoms with Crippen molar-refractivity contribution in [1.29, 1.82) is 0 Å². The van der Waals surface area contributed by atoms with Crippen molar-refractivity contribution in [1.82, 2.24) is 4.90 Å². The number of carbonyl (C=O) groups is 1. The van der Waals surface area contributed by atoms with Crippen LogP contribution in [0.2, 0.25) is 0 Å². The van der Waals surface area contributed by atoms with E-state index in [0.29, 0.717) is 24.5 Å². The van der Waals surface area contributed by atoms with E-state index in [2.05, 4.69) is 0 Å². The number of amides is 1. The van der Waals surface area contributed by atoms with E-state index in [1.54, 1.807) is 7.11 Å². The van der Waals surface area contributed by atoms with Gasteiger partial charge < -0.3 is 20.1 Å². The standard InChI is InChI=1S/C16H24N2O3/c1-5-18-15(19)9-12(17)16(18)11-6-7-13(20-4)14(8-11)21-10(2)3/h6-8,10,12,16H,5,9,17H2,1-4H3. The fourth-order valence-electron chi connectivity index (χ4n) is 2.84. The Hall–Kier alpha value is -1.75. The van der Waals surface area contributed by atoms with Crippen LogP contribution in [0, 0.1) is 0 Å². The first kappa shape index (κ1) is 15.6. The molecule has 116 valence electrons. The zero-order valence-corrected chi connectivity index (χ0v) is 13.1. The first-order valence-corrected chi connectivity index (χ1v) is 7.37. The van der Waals surface area contributed by atoms with Gasteiger partial charge in [0.2, 0.25) is 5.91 Å². The number of nitrogens with two attached hydrogens (primary N) is 1. The molecule has 2 atom stereocenters. The van der Waals surface area contributed by atoms with Crippen LogP contribution in [0.15, 0.2) is 18.2 Å². The lowest BCUT2D eigenvalue weighted by Crippen LogP contribution is -2.32. The summed E-state index contributed by atoms with van der Waals surface area (Å²) in [5, 5.41) is 0. The van der Waals surface area contributed by atoms with Crippen molar-refractivity contribution in [2.75, 3.05) is 13.7 Å². The summed E-state index contributed by atoms with van der Waals surface area (Å²) in [4.78, 5) is 13.8. The number of likely N-dealkylation sites (N-methyl/N-ethyl adjacent to an activating group) is 1. The topological polar surface area (TPSA) is 64.8 Å². The number of benzene rings is 1. The molecule has 0 aromatic heterocycles. The van der Waals surface area contributed by atoms with Gasteiger partial charge in [-0.05, 0) is 38.5 Å². The molecule has 1 heterocycles. The number of nitrogens with zero attached hydrogens (tertiary/aromatic N) is 1. The van der Waals surface area contributed by atoms with E-state index in [1.807, 2.05) is 43.9 Å². The highest BCUT2D eigenvalue weighted by atomic mass is 16.5. The number of hydrogen-bond donors (Lipinski definition) is 1. The van der Waals surface area contributed by atoms with Crippen molar-refractivity contribution in [2.45, 2.75) is 45.4 Å². The van der Waals surface area contributed by atoms with E-state index in [0.717, 1.165) is 5.56 Å². The zero-order valence-electron chi connectivity index (χ0n) is 13.1. The fourth-order valence-corrected chi connectivity index (χ4v) is 2.84. The monoisotopic (exact) mass is 292 g/mol. The van der Waals surface area contributed by atoms with Crippen molar-refractivity contribution in [2.24, 2.45) is 5.73 Å². The van der Waals surface area contributed by atoms with Crippen LogP contribution in [-0.4, -0.2) is 36.6 Å². The zero-order chi connectivity index (χ0) is 15.6. The van der Waals surface area contributed by atoms with Crippen molar-refractivity contribution >= 4 is 5.91 Å². The molecule has 1 aliphatic rings. The molecule has 1 amide bonds. The smallest absolute Gasteiger partial charge is 0.224 e. The molecule has 1 saturated heterocycles. The second-order valence-corrected chi connectivity index (χ2v) is 5.57. The predicted molar refractivity (Wildman–Crippen MR) is 81.5 cm³/mol. The Labute approximate surface area is 126 Å². The van der Waals surface area contributed by atoms with E-state index in [4.69, 9.17) is 15.2 Å². The minimum atomic E-state index is -0.183. The molecule has 5 nitrogen and oxygen atoms in total. The van der Waals surface area contributed by atoms with Gasteiger partial charge in [-0.2, -0.15) is 0 Å². The van der Waals surface area contributed by atoms with Crippen LogP contribution in [0.3, 0.4) is 0 Å². The number of rotatable bonds is 5. The summed E-state index contributed by atoms with van der Waals surface area (Å²) in [5.74, 6) is 1.48. The quantitative estimate of drug-likeness (QED) is 0.902. The van der Waals surface area contributed by atoms with E-state index in [-0.39, 0.29) is 24.1 Å². The van der Waals surface area contributed by atoms with E-state index in [9.17, 15) is 4.79 Å². The maximum absolute atomic E-state index is 12.0. The van der Waals surface area contributed by atoms with Gasteiger partial charge in [0.15, 0.2) is 11.5 Å². The van der Waals surface area contributed by atoms with Crippen LogP contribution in [0.25, 0.3) is 0 Å². The summed E-state index contributed by atoms with van der Waals surface area (Å²) in [6.45, 7) is 6.56. The molecule has 2 unspecified atom stereocenters. The highest BCUT2D eigenvalue weighted by Crippen LogP contribution is 2.37. The number of hydrogen-bond acceptors (Lipinski definition) is 4. The molecule has 0 bridgehead atoms. The third-order valence-corrected chi connectivity index (χ3v) is 3.70. The molecule has 21 heavy (non-hydrogen) atoms. The Bertz CT molecular complexity index is 516. The summed E-state index contributed by atoms with van der Waals surface area (Å²) >= 11 is 0. The average molecular weight is 292 g/mol. The van der Waals surface area contributed by atoms with Crippen LogP contribution >= 0.6 is 0 Å². The second-order valence-electron chi connectivity index (χ2n) is 5.57. The highest BCUT2D eigenvalue weighted by Gasteiger charge is 2.37. The predicted octanol–water partition coefficient (Wildman–Crippen LogP) is 2.10. The molecule has 2 N–H and O–H groups in total. The van der Waals surface area contributed by atoms with Crippen LogP contribution < -0.4 is 15.2 Å². The first-order chi connectivity index (χ1) is 9.97. The van der Waals surface area contributed by atoms with E-state index < -0.39 is 0 Å². The number of carbonyl (C=O) groups excluding carboxylic acids is 1. The minimum Gasteiger partial charge on any atom is -0.493 e. The summed E-state index contributed by atoms with van der Waals surface area (Å²) in [6, 6.07) is 5.49. The molecule has 0 saturated carbocycles. The van der Waals surface area contributed by atoms with E-state index >= 15 is 0 Å². The molecule has 1 aromatic rings. The molecule has 0 spiro atoms. The number of likely N-dealkylation sites (tertiary alicyclic amines) is 1.